The number of ether oxygens (including phenoxy) is 2. The number of benzene rings is 3. The fourth-order valence-electron chi connectivity index (χ4n) is 2.57. The smallest absolute Gasteiger partial charge is 0.277 e. The van der Waals surface area contributed by atoms with Gasteiger partial charge in [-0.1, -0.05) is 49.4 Å². The second kappa shape index (κ2) is 10.7. The number of hydrazone groups is 1. The summed E-state index contributed by atoms with van der Waals surface area (Å²) in [5, 5.41) is 3.96. The number of nitrogens with one attached hydrogen (secondary N) is 1. The molecule has 1 amide bonds. The quantitative estimate of drug-likeness (QED) is 0.438. The number of hydrogen-bond donors (Lipinski definition) is 1. The van der Waals surface area contributed by atoms with Gasteiger partial charge < -0.3 is 9.47 Å². The van der Waals surface area contributed by atoms with Crippen molar-refractivity contribution in [1.82, 2.24) is 5.43 Å². The monoisotopic (exact) mass is 388 g/mol. The molecule has 5 heteroatoms. The second-order valence-electron chi connectivity index (χ2n) is 6.42. The average molecular weight is 388 g/mol. The zero-order chi connectivity index (χ0) is 20.3. The van der Waals surface area contributed by atoms with Crippen molar-refractivity contribution in [1.29, 1.82) is 0 Å². The molecular formula is C24H24N2O3. The molecule has 0 aliphatic rings. The standard InChI is InChI=1S/C24H24N2O3/c1-2-19-8-12-23(13-9-19)29-18-24(27)26-25-16-20-10-14-22(15-11-20)28-17-21-6-4-3-5-7-21/h3-16H,2,17-18H2,1H3,(H,26,27). The molecule has 3 aromatic carbocycles. The maximum absolute atomic E-state index is 11.8. The number of nitrogens with zero attached hydrogens (tertiary/aromatic N) is 1. The largest absolute Gasteiger partial charge is 0.489 e. The van der Waals surface area contributed by atoms with Crippen LogP contribution in [-0.4, -0.2) is 18.7 Å². The molecule has 0 radical (unpaired) electrons. The van der Waals surface area contributed by atoms with E-state index in [-0.39, 0.29) is 12.5 Å². The molecule has 3 aromatic rings. The first-order valence-electron chi connectivity index (χ1n) is 9.53. The van der Waals surface area contributed by atoms with Crippen LogP contribution in [0.1, 0.15) is 23.6 Å². The van der Waals surface area contributed by atoms with Crippen LogP contribution in [0.2, 0.25) is 0 Å². The number of amides is 1. The Kier molecular flexibility index (Phi) is 7.41. The summed E-state index contributed by atoms with van der Waals surface area (Å²) in [6, 6.07) is 25.2. The minimum absolute atomic E-state index is 0.0882. The normalized spacial score (nSPS) is 10.7. The molecule has 3 rings (SSSR count). The van der Waals surface area contributed by atoms with E-state index in [2.05, 4.69) is 17.5 Å². The lowest BCUT2D eigenvalue weighted by Gasteiger charge is -2.06. The summed E-state index contributed by atoms with van der Waals surface area (Å²) in [5.74, 6) is 1.12. The first-order chi connectivity index (χ1) is 14.2. The number of hydrogen-bond acceptors (Lipinski definition) is 4. The Bertz CT molecular complexity index is 921. The minimum Gasteiger partial charge on any atom is -0.489 e. The zero-order valence-electron chi connectivity index (χ0n) is 16.4. The van der Waals surface area contributed by atoms with Crippen molar-refractivity contribution in [2.45, 2.75) is 20.0 Å². The van der Waals surface area contributed by atoms with Gasteiger partial charge in [-0.25, -0.2) is 5.43 Å². The lowest BCUT2D eigenvalue weighted by Crippen LogP contribution is -2.24. The topological polar surface area (TPSA) is 59.9 Å². The first-order valence-corrected chi connectivity index (χ1v) is 9.53. The summed E-state index contributed by atoms with van der Waals surface area (Å²) in [7, 11) is 0. The van der Waals surface area contributed by atoms with Crippen molar-refractivity contribution in [3.8, 4) is 11.5 Å². The Morgan fingerprint density at radius 1 is 0.862 bits per heavy atom. The van der Waals surface area contributed by atoms with Gasteiger partial charge in [0.05, 0.1) is 6.21 Å². The van der Waals surface area contributed by atoms with Crippen LogP contribution in [0.25, 0.3) is 0 Å². The van der Waals surface area contributed by atoms with Gasteiger partial charge in [0.2, 0.25) is 0 Å². The first kappa shape index (κ1) is 20.1. The summed E-state index contributed by atoms with van der Waals surface area (Å²) in [6.45, 7) is 2.52. The third kappa shape index (κ3) is 6.81. The highest BCUT2D eigenvalue weighted by Crippen LogP contribution is 2.14. The Morgan fingerprint density at radius 2 is 1.52 bits per heavy atom. The highest BCUT2D eigenvalue weighted by molar-refractivity contribution is 5.83. The van der Waals surface area contributed by atoms with Crippen LogP contribution < -0.4 is 14.9 Å². The van der Waals surface area contributed by atoms with E-state index in [4.69, 9.17) is 9.47 Å². The van der Waals surface area contributed by atoms with Gasteiger partial charge in [0.25, 0.3) is 5.91 Å². The van der Waals surface area contributed by atoms with Crippen molar-refractivity contribution < 1.29 is 14.3 Å². The molecular weight excluding hydrogens is 364 g/mol. The maximum atomic E-state index is 11.8. The molecule has 5 nitrogen and oxygen atoms in total. The van der Waals surface area contributed by atoms with E-state index >= 15 is 0 Å². The molecule has 0 atom stereocenters. The molecule has 0 unspecified atom stereocenters. The highest BCUT2D eigenvalue weighted by Gasteiger charge is 2.01. The van der Waals surface area contributed by atoms with E-state index in [1.807, 2.05) is 78.9 Å². The van der Waals surface area contributed by atoms with E-state index in [9.17, 15) is 4.79 Å². The molecule has 0 heterocycles. The molecule has 0 saturated carbocycles. The Morgan fingerprint density at radius 3 is 2.21 bits per heavy atom. The average Bonchev–Trinajstić information content (AvgIpc) is 2.78. The van der Waals surface area contributed by atoms with Crippen molar-refractivity contribution in [2.75, 3.05) is 6.61 Å². The third-order valence-corrected chi connectivity index (χ3v) is 4.23. The number of carbonyl (C=O) groups excluding carboxylic acids is 1. The number of aryl methyl sites for hydroxylation is 1. The van der Waals surface area contributed by atoms with Crippen LogP contribution in [0, 0.1) is 0 Å². The predicted octanol–water partition coefficient (Wildman–Crippen LogP) is 4.36. The molecule has 0 aromatic heterocycles. The Balaban J connectivity index is 1.40. The van der Waals surface area contributed by atoms with E-state index in [1.165, 1.54) is 5.56 Å². The molecule has 0 aliphatic carbocycles. The van der Waals surface area contributed by atoms with E-state index in [0.717, 1.165) is 23.3 Å². The van der Waals surface area contributed by atoms with Crippen LogP contribution in [0.5, 0.6) is 11.5 Å². The van der Waals surface area contributed by atoms with Crippen LogP contribution in [-0.2, 0) is 17.8 Å². The van der Waals surface area contributed by atoms with Gasteiger partial charge in [0.1, 0.15) is 18.1 Å². The van der Waals surface area contributed by atoms with Crippen molar-refractivity contribution in [2.24, 2.45) is 5.10 Å². The van der Waals surface area contributed by atoms with Crippen LogP contribution in [0.15, 0.2) is 84.0 Å². The molecule has 0 fully saturated rings. The second-order valence-corrected chi connectivity index (χ2v) is 6.42. The molecule has 0 bridgehead atoms. The predicted molar refractivity (Wildman–Crippen MR) is 114 cm³/mol. The van der Waals surface area contributed by atoms with Gasteiger partial charge in [-0.15, -0.1) is 0 Å². The van der Waals surface area contributed by atoms with Crippen molar-refractivity contribution >= 4 is 12.1 Å². The lowest BCUT2D eigenvalue weighted by atomic mass is 10.2. The molecule has 0 spiro atoms. The van der Waals surface area contributed by atoms with E-state index in [1.54, 1.807) is 6.21 Å². The SMILES string of the molecule is CCc1ccc(OCC(=O)NN=Cc2ccc(OCc3ccccc3)cc2)cc1. The Hall–Kier alpha value is -3.60. The molecule has 0 saturated heterocycles. The van der Waals surface area contributed by atoms with Gasteiger partial charge in [0, 0.05) is 0 Å². The van der Waals surface area contributed by atoms with Crippen LogP contribution in [0.4, 0.5) is 0 Å². The molecule has 0 aliphatic heterocycles. The fraction of sp³-hybridized carbons (Fsp3) is 0.167. The summed E-state index contributed by atoms with van der Waals surface area (Å²) in [5.41, 5.74) is 5.65. The van der Waals surface area contributed by atoms with Gasteiger partial charge in [-0.2, -0.15) is 5.10 Å². The van der Waals surface area contributed by atoms with Gasteiger partial charge in [0.15, 0.2) is 6.61 Å². The van der Waals surface area contributed by atoms with Crippen LogP contribution >= 0.6 is 0 Å². The van der Waals surface area contributed by atoms with Gasteiger partial charge in [-0.05, 0) is 59.5 Å². The fourth-order valence-corrected chi connectivity index (χ4v) is 2.57. The van der Waals surface area contributed by atoms with Gasteiger partial charge >= 0.3 is 0 Å². The summed E-state index contributed by atoms with van der Waals surface area (Å²) in [4.78, 5) is 11.8. The molecule has 1 N–H and O–H groups in total. The van der Waals surface area contributed by atoms with Gasteiger partial charge in [-0.3, -0.25) is 4.79 Å². The summed E-state index contributed by atoms with van der Waals surface area (Å²) in [6.07, 6.45) is 2.55. The molecule has 29 heavy (non-hydrogen) atoms. The highest BCUT2D eigenvalue weighted by atomic mass is 16.5. The maximum Gasteiger partial charge on any atom is 0.277 e. The lowest BCUT2D eigenvalue weighted by molar-refractivity contribution is -0.123. The van der Waals surface area contributed by atoms with E-state index in [0.29, 0.717) is 12.4 Å². The van der Waals surface area contributed by atoms with Crippen LogP contribution in [0.3, 0.4) is 0 Å². The minimum atomic E-state index is -0.316. The zero-order valence-corrected chi connectivity index (χ0v) is 16.4. The molecule has 148 valence electrons. The van der Waals surface area contributed by atoms with Crippen molar-refractivity contribution in [3.05, 3.63) is 95.6 Å². The number of carbonyl (C=O) groups is 1. The third-order valence-electron chi connectivity index (χ3n) is 4.23. The van der Waals surface area contributed by atoms with E-state index < -0.39 is 0 Å². The summed E-state index contributed by atoms with van der Waals surface area (Å²) < 4.78 is 11.2. The number of rotatable bonds is 9. The summed E-state index contributed by atoms with van der Waals surface area (Å²) >= 11 is 0. The van der Waals surface area contributed by atoms with Crippen molar-refractivity contribution in [3.63, 3.8) is 0 Å². The Labute approximate surface area is 171 Å².